The van der Waals surface area contributed by atoms with E-state index < -0.39 is 41.1 Å². The Morgan fingerprint density at radius 1 is 1.38 bits per heavy atom. The molecule has 0 radical (unpaired) electrons. The van der Waals surface area contributed by atoms with Gasteiger partial charge in [0.1, 0.15) is 6.10 Å². The van der Waals surface area contributed by atoms with Crippen molar-refractivity contribution in [2.24, 2.45) is 5.73 Å². The molecule has 0 bridgehead atoms. The molecule has 21 heavy (non-hydrogen) atoms. The normalized spacial score (nSPS) is 13.3. The molecule has 0 spiro atoms. The monoisotopic (exact) mass is 298 g/mol. The van der Waals surface area contributed by atoms with E-state index in [0.717, 1.165) is 25.3 Å². The Morgan fingerprint density at radius 2 is 2.00 bits per heavy atom. The molecule has 9 heteroatoms. The van der Waals surface area contributed by atoms with Crippen LogP contribution >= 0.6 is 0 Å². The molecule has 0 saturated heterocycles. The zero-order valence-corrected chi connectivity index (χ0v) is 11.1. The molecule has 2 atom stereocenters. The van der Waals surface area contributed by atoms with Gasteiger partial charge in [-0.15, -0.1) is 0 Å². The number of nitro groups is 1. The standard InChI is InChI=1S/C12H14N2O7/c1-21-10(16)5-9(15)11(17)6-2-7(12(13)18)4-8(3-6)14(19)20/h2-4,9,11,15,17H,5H2,1H3,(H2,13,18). The molecule has 0 fully saturated rings. The van der Waals surface area contributed by atoms with Crippen LogP contribution in [0.4, 0.5) is 5.69 Å². The van der Waals surface area contributed by atoms with Crippen molar-refractivity contribution in [3.63, 3.8) is 0 Å². The summed E-state index contributed by atoms with van der Waals surface area (Å²) in [5.41, 5.74) is 4.29. The Balaban J connectivity index is 3.13. The SMILES string of the molecule is COC(=O)CC(O)C(O)c1cc(C(N)=O)cc([N+](=O)[O-])c1. The summed E-state index contributed by atoms with van der Waals surface area (Å²) in [5.74, 6) is -1.68. The highest BCUT2D eigenvalue weighted by Gasteiger charge is 2.24. The minimum Gasteiger partial charge on any atom is -0.469 e. The second kappa shape index (κ2) is 6.77. The van der Waals surface area contributed by atoms with Gasteiger partial charge in [0.2, 0.25) is 5.91 Å². The van der Waals surface area contributed by atoms with Crippen LogP contribution in [-0.2, 0) is 9.53 Å². The lowest BCUT2D eigenvalue weighted by Crippen LogP contribution is -2.23. The second-order valence-corrected chi connectivity index (χ2v) is 4.23. The maximum absolute atomic E-state index is 11.1. The van der Waals surface area contributed by atoms with Crippen LogP contribution in [0.15, 0.2) is 18.2 Å². The van der Waals surface area contributed by atoms with Crippen LogP contribution in [0, 0.1) is 10.1 Å². The van der Waals surface area contributed by atoms with Crippen molar-refractivity contribution in [2.75, 3.05) is 7.11 Å². The molecular weight excluding hydrogens is 284 g/mol. The van der Waals surface area contributed by atoms with Gasteiger partial charge in [0, 0.05) is 17.7 Å². The third kappa shape index (κ3) is 4.23. The van der Waals surface area contributed by atoms with Crippen molar-refractivity contribution < 1.29 is 29.5 Å². The maximum Gasteiger partial charge on any atom is 0.308 e. The first-order chi connectivity index (χ1) is 9.76. The predicted octanol–water partition coefficient (Wildman–Crippen LogP) is -0.349. The number of hydrogen-bond acceptors (Lipinski definition) is 7. The molecular formula is C12H14N2O7. The van der Waals surface area contributed by atoms with Gasteiger partial charge in [-0.25, -0.2) is 0 Å². The zero-order valence-electron chi connectivity index (χ0n) is 11.1. The van der Waals surface area contributed by atoms with Crippen molar-refractivity contribution in [1.29, 1.82) is 0 Å². The number of rotatable bonds is 6. The summed E-state index contributed by atoms with van der Waals surface area (Å²) in [7, 11) is 1.11. The number of carbonyl (C=O) groups excluding carboxylic acids is 2. The fraction of sp³-hybridized carbons (Fsp3) is 0.333. The van der Waals surface area contributed by atoms with E-state index in [4.69, 9.17) is 5.73 Å². The first-order valence-corrected chi connectivity index (χ1v) is 5.78. The van der Waals surface area contributed by atoms with Crippen molar-refractivity contribution in [1.82, 2.24) is 0 Å². The Hall–Kier alpha value is -2.52. The number of benzene rings is 1. The molecule has 0 aromatic heterocycles. The number of esters is 1. The first kappa shape index (κ1) is 16.5. The molecule has 4 N–H and O–H groups in total. The lowest BCUT2D eigenvalue weighted by atomic mass is 9.99. The Labute approximate surface area is 119 Å². The van der Waals surface area contributed by atoms with E-state index in [1.54, 1.807) is 0 Å². The number of amides is 1. The molecule has 1 amide bonds. The van der Waals surface area contributed by atoms with Crippen LogP contribution in [-0.4, -0.2) is 40.2 Å². The van der Waals surface area contributed by atoms with E-state index in [2.05, 4.69) is 4.74 Å². The lowest BCUT2D eigenvalue weighted by Gasteiger charge is -2.17. The van der Waals surface area contributed by atoms with Crippen molar-refractivity contribution in [2.45, 2.75) is 18.6 Å². The van der Waals surface area contributed by atoms with E-state index >= 15 is 0 Å². The molecule has 0 aliphatic heterocycles. The largest absolute Gasteiger partial charge is 0.469 e. The van der Waals surface area contributed by atoms with Gasteiger partial charge in [0.15, 0.2) is 0 Å². The van der Waals surface area contributed by atoms with Gasteiger partial charge in [-0.2, -0.15) is 0 Å². The fourth-order valence-corrected chi connectivity index (χ4v) is 1.64. The molecule has 0 heterocycles. The smallest absolute Gasteiger partial charge is 0.308 e. The Bertz CT molecular complexity index is 540. The van der Waals surface area contributed by atoms with Gasteiger partial charge in [0.05, 0.1) is 24.6 Å². The van der Waals surface area contributed by atoms with Crippen molar-refractivity contribution in [3.8, 4) is 0 Å². The van der Waals surface area contributed by atoms with Gasteiger partial charge in [-0.1, -0.05) is 0 Å². The van der Waals surface area contributed by atoms with E-state index in [9.17, 15) is 29.9 Å². The quantitative estimate of drug-likeness (QED) is 0.368. The van der Waals surface area contributed by atoms with Crippen molar-refractivity contribution >= 4 is 17.6 Å². The summed E-state index contributed by atoms with van der Waals surface area (Å²) in [5, 5.41) is 30.4. The van der Waals surface area contributed by atoms with Crippen LogP contribution in [0.25, 0.3) is 0 Å². The number of nitrogens with zero attached hydrogens (tertiary/aromatic N) is 1. The van der Waals surface area contributed by atoms with Crippen LogP contribution in [0.2, 0.25) is 0 Å². The van der Waals surface area contributed by atoms with Crippen LogP contribution in [0.5, 0.6) is 0 Å². The molecule has 0 aliphatic rings. The number of hydrogen-bond donors (Lipinski definition) is 3. The molecule has 1 rings (SSSR count). The highest BCUT2D eigenvalue weighted by Crippen LogP contribution is 2.25. The van der Waals surface area contributed by atoms with E-state index in [0.29, 0.717) is 0 Å². The summed E-state index contributed by atoms with van der Waals surface area (Å²) in [6.07, 6.45) is -3.66. The third-order valence-electron chi connectivity index (χ3n) is 2.74. The number of non-ortho nitro benzene ring substituents is 1. The first-order valence-electron chi connectivity index (χ1n) is 5.78. The summed E-state index contributed by atoms with van der Waals surface area (Å²) >= 11 is 0. The minimum atomic E-state index is -1.61. The second-order valence-electron chi connectivity index (χ2n) is 4.23. The highest BCUT2D eigenvalue weighted by atomic mass is 16.6. The molecule has 0 aliphatic carbocycles. The van der Waals surface area contributed by atoms with Crippen LogP contribution in [0.1, 0.15) is 28.4 Å². The number of methoxy groups -OCH3 is 1. The van der Waals surface area contributed by atoms with Gasteiger partial charge < -0.3 is 20.7 Å². The van der Waals surface area contributed by atoms with Gasteiger partial charge >= 0.3 is 5.97 Å². The van der Waals surface area contributed by atoms with Gasteiger partial charge in [0.25, 0.3) is 5.69 Å². The number of aliphatic hydroxyl groups excluding tert-OH is 2. The predicted molar refractivity (Wildman–Crippen MR) is 69.2 cm³/mol. The average Bonchev–Trinajstić information content (AvgIpc) is 2.45. The third-order valence-corrected chi connectivity index (χ3v) is 2.74. The molecule has 0 saturated carbocycles. The van der Waals surface area contributed by atoms with Gasteiger partial charge in [-0.3, -0.25) is 19.7 Å². The number of nitro benzene ring substituents is 1. The molecule has 1 aromatic rings. The summed E-state index contributed by atoms with van der Waals surface area (Å²) < 4.78 is 4.34. The van der Waals surface area contributed by atoms with Crippen LogP contribution in [0.3, 0.4) is 0 Å². The van der Waals surface area contributed by atoms with Crippen LogP contribution < -0.4 is 5.73 Å². The number of primary amides is 1. The number of nitrogens with two attached hydrogens (primary N) is 1. The van der Waals surface area contributed by atoms with Gasteiger partial charge in [-0.05, 0) is 11.6 Å². The topological polar surface area (TPSA) is 153 Å². The maximum atomic E-state index is 11.1. The summed E-state index contributed by atoms with van der Waals surface area (Å²) in [6.45, 7) is 0. The summed E-state index contributed by atoms with van der Waals surface area (Å²) in [4.78, 5) is 32.2. The molecule has 2 unspecified atom stereocenters. The fourth-order valence-electron chi connectivity index (χ4n) is 1.64. The summed E-state index contributed by atoms with van der Waals surface area (Å²) in [6, 6.07) is 3.04. The average molecular weight is 298 g/mol. The molecule has 1 aromatic carbocycles. The number of ether oxygens (including phenoxy) is 1. The Kier molecular flexibility index (Phi) is 5.33. The zero-order chi connectivity index (χ0) is 16.2. The highest BCUT2D eigenvalue weighted by molar-refractivity contribution is 5.93. The lowest BCUT2D eigenvalue weighted by molar-refractivity contribution is -0.385. The van der Waals surface area contributed by atoms with E-state index in [1.165, 1.54) is 0 Å². The molecule has 114 valence electrons. The van der Waals surface area contributed by atoms with E-state index in [1.807, 2.05) is 0 Å². The minimum absolute atomic E-state index is 0.102. The Morgan fingerprint density at radius 3 is 2.48 bits per heavy atom. The van der Waals surface area contributed by atoms with Crippen molar-refractivity contribution in [3.05, 3.63) is 39.4 Å². The number of aliphatic hydroxyl groups is 2. The molecule has 9 nitrogen and oxygen atoms in total. The van der Waals surface area contributed by atoms with E-state index in [-0.39, 0.29) is 11.1 Å². The number of carbonyl (C=O) groups is 2.